The first-order chi connectivity index (χ1) is 7.25. The second-order valence-corrected chi connectivity index (χ2v) is 5.48. The molecule has 1 atom stereocenters. The Bertz CT molecular complexity index is 307. The molecule has 4 heteroatoms. The SMILES string of the molecule is Cc1cnc(C(C)NCCNC2CC2)s1. The van der Waals surface area contributed by atoms with Crippen molar-refractivity contribution in [1.82, 2.24) is 15.6 Å². The van der Waals surface area contributed by atoms with Crippen molar-refractivity contribution in [2.75, 3.05) is 13.1 Å². The second-order valence-electron chi connectivity index (χ2n) is 4.21. The highest BCUT2D eigenvalue weighted by atomic mass is 32.1. The molecule has 0 amide bonds. The first-order valence-corrected chi connectivity index (χ1v) is 6.46. The van der Waals surface area contributed by atoms with Crippen molar-refractivity contribution in [3.05, 3.63) is 16.1 Å². The second kappa shape index (κ2) is 5.05. The molecule has 15 heavy (non-hydrogen) atoms. The van der Waals surface area contributed by atoms with Crippen molar-refractivity contribution in [1.29, 1.82) is 0 Å². The number of nitrogens with one attached hydrogen (secondary N) is 2. The van der Waals surface area contributed by atoms with E-state index in [9.17, 15) is 0 Å². The van der Waals surface area contributed by atoms with Gasteiger partial charge < -0.3 is 10.6 Å². The fourth-order valence-corrected chi connectivity index (χ4v) is 2.31. The number of rotatable bonds is 6. The largest absolute Gasteiger partial charge is 0.313 e. The Kier molecular flexibility index (Phi) is 3.72. The number of thiazole rings is 1. The molecule has 84 valence electrons. The van der Waals surface area contributed by atoms with E-state index in [1.165, 1.54) is 22.7 Å². The third kappa shape index (κ3) is 3.55. The first kappa shape index (κ1) is 11.0. The average Bonchev–Trinajstić information content (AvgIpc) is 2.94. The van der Waals surface area contributed by atoms with Crippen LogP contribution in [0, 0.1) is 6.92 Å². The lowest BCUT2D eigenvalue weighted by Crippen LogP contribution is -2.30. The van der Waals surface area contributed by atoms with Crippen molar-refractivity contribution < 1.29 is 0 Å². The van der Waals surface area contributed by atoms with Crippen LogP contribution < -0.4 is 10.6 Å². The van der Waals surface area contributed by atoms with Gasteiger partial charge in [-0.3, -0.25) is 0 Å². The monoisotopic (exact) mass is 225 g/mol. The van der Waals surface area contributed by atoms with Crippen LogP contribution in [-0.4, -0.2) is 24.1 Å². The predicted octanol–water partition coefficient (Wildman–Crippen LogP) is 1.85. The van der Waals surface area contributed by atoms with Gasteiger partial charge in [0.1, 0.15) is 5.01 Å². The molecule has 1 aromatic rings. The van der Waals surface area contributed by atoms with E-state index in [4.69, 9.17) is 0 Å². The van der Waals surface area contributed by atoms with Crippen LogP contribution in [0.5, 0.6) is 0 Å². The summed E-state index contributed by atoms with van der Waals surface area (Å²) in [7, 11) is 0. The van der Waals surface area contributed by atoms with Crippen LogP contribution in [0.2, 0.25) is 0 Å². The average molecular weight is 225 g/mol. The fraction of sp³-hybridized carbons (Fsp3) is 0.727. The summed E-state index contributed by atoms with van der Waals surface area (Å²) in [6.07, 6.45) is 4.67. The van der Waals surface area contributed by atoms with Gasteiger partial charge in [0.15, 0.2) is 0 Å². The van der Waals surface area contributed by atoms with E-state index >= 15 is 0 Å². The summed E-state index contributed by atoms with van der Waals surface area (Å²) in [5, 5.41) is 8.16. The molecule has 3 nitrogen and oxygen atoms in total. The molecule has 1 aliphatic rings. The highest BCUT2D eigenvalue weighted by molar-refractivity contribution is 7.11. The summed E-state index contributed by atoms with van der Waals surface area (Å²) in [6.45, 7) is 6.37. The number of nitrogens with zero attached hydrogens (tertiary/aromatic N) is 1. The van der Waals surface area contributed by atoms with Crippen LogP contribution in [-0.2, 0) is 0 Å². The molecular formula is C11H19N3S. The summed E-state index contributed by atoms with van der Waals surface area (Å²) >= 11 is 1.78. The van der Waals surface area contributed by atoms with E-state index in [1.807, 2.05) is 6.20 Å². The van der Waals surface area contributed by atoms with Crippen molar-refractivity contribution in [2.24, 2.45) is 0 Å². The third-order valence-corrected chi connectivity index (χ3v) is 3.69. The number of aryl methyl sites for hydroxylation is 1. The molecule has 1 saturated carbocycles. The highest BCUT2D eigenvalue weighted by Crippen LogP contribution is 2.19. The molecule has 0 bridgehead atoms. The normalized spacial score (nSPS) is 18.0. The van der Waals surface area contributed by atoms with E-state index < -0.39 is 0 Å². The maximum absolute atomic E-state index is 4.38. The van der Waals surface area contributed by atoms with Crippen LogP contribution in [0.25, 0.3) is 0 Å². The number of aromatic nitrogens is 1. The molecule has 0 saturated heterocycles. The zero-order valence-corrected chi connectivity index (χ0v) is 10.2. The molecule has 0 radical (unpaired) electrons. The molecule has 1 unspecified atom stereocenters. The van der Waals surface area contributed by atoms with E-state index in [0.717, 1.165) is 19.1 Å². The van der Waals surface area contributed by atoms with Gasteiger partial charge in [-0.05, 0) is 26.7 Å². The van der Waals surface area contributed by atoms with Crippen molar-refractivity contribution in [3.8, 4) is 0 Å². The zero-order chi connectivity index (χ0) is 10.7. The van der Waals surface area contributed by atoms with Gasteiger partial charge in [-0.25, -0.2) is 4.98 Å². The van der Waals surface area contributed by atoms with Gasteiger partial charge in [0.25, 0.3) is 0 Å². The van der Waals surface area contributed by atoms with Gasteiger partial charge >= 0.3 is 0 Å². The maximum atomic E-state index is 4.38. The van der Waals surface area contributed by atoms with E-state index in [2.05, 4.69) is 29.5 Å². The summed E-state index contributed by atoms with van der Waals surface area (Å²) in [4.78, 5) is 5.66. The van der Waals surface area contributed by atoms with E-state index in [1.54, 1.807) is 11.3 Å². The van der Waals surface area contributed by atoms with Crippen molar-refractivity contribution in [2.45, 2.75) is 38.8 Å². The topological polar surface area (TPSA) is 37.0 Å². The molecule has 2 N–H and O–H groups in total. The summed E-state index contributed by atoms with van der Waals surface area (Å²) in [5.41, 5.74) is 0. The Labute approximate surface area is 95.3 Å². The minimum absolute atomic E-state index is 0.379. The van der Waals surface area contributed by atoms with Gasteiger partial charge in [-0.1, -0.05) is 0 Å². The van der Waals surface area contributed by atoms with Crippen molar-refractivity contribution in [3.63, 3.8) is 0 Å². The van der Waals surface area contributed by atoms with Gasteiger partial charge in [0.05, 0.1) is 6.04 Å². The molecule has 0 spiro atoms. The molecule has 1 heterocycles. The third-order valence-electron chi connectivity index (χ3n) is 2.60. The van der Waals surface area contributed by atoms with Gasteiger partial charge in [0, 0.05) is 30.2 Å². The van der Waals surface area contributed by atoms with Gasteiger partial charge in [-0.15, -0.1) is 11.3 Å². The van der Waals surface area contributed by atoms with Crippen LogP contribution >= 0.6 is 11.3 Å². The Morgan fingerprint density at radius 3 is 2.93 bits per heavy atom. The lowest BCUT2D eigenvalue weighted by atomic mass is 10.3. The lowest BCUT2D eigenvalue weighted by molar-refractivity contribution is 0.542. The Morgan fingerprint density at radius 1 is 1.53 bits per heavy atom. The van der Waals surface area contributed by atoms with Crippen LogP contribution in [0.15, 0.2) is 6.20 Å². The summed E-state index contributed by atoms with van der Waals surface area (Å²) < 4.78 is 0. The van der Waals surface area contributed by atoms with Crippen molar-refractivity contribution >= 4 is 11.3 Å². The van der Waals surface area contributed by atoms with Crippen LogP contribution in [0.3, 0.4) is 0 Å². The number of hydrogen-bond donors (Lipinski definition) is 2. The van der Waals surface area contributed by atoms with Crippen LogP contribution in [0.1, 0.15) is 35.7 Å². The molecule has 1 fully saturated rings. The minimum atomic E-state index is 0.379. The quantitative estimate of drug-likeness (QED) is 0.726. The van der Waals surface area contributed by atoms with E-state index in [0.29, 0.717) is 6.04 Å². The molecule has 0 aromatic carbocycles. The predicted molar refractivity (Wildman–Crippen MR) is 64.3 cm³/mol. The summed E-state index contributed by atoms with van der Waals surface area (Å²) in [5.74, 6) is 0. The van der Waals surface area contributed by atoms with E-state index in [-0.39, 0.29) is 0 Å². The Balaban J connectivity index is 1.64. The molecule has 0 aliphatic heterocycles. The van der Waals surface area contributed by atoms with Crippen LogP contribution in [0.4, 0.5) is 0 Å². The Morgan fingerprint density at radius 2 is 2.33 bits per heavy atom. The molecule has 1 aliphatic carbocycles. The summed E-state index contributed by atoms with van der Waals surface area (Å²) in [6, 6.07) is 1.19. The standard InChI is InChI=1S/C11H19N3S/c1-8-7-14-11(15-8)9(2)12-5-6-13-10-3-4-10/h7,9-10,12-13H,3-6H2,1-2H3. The highest BCUT2D eigenvalue weighted by Gasteiger charge is 2.19. The lowest BCUT2D eigenvalue weighted by Gasteiger charge is -2.11. The Hall–Kier alpha value is -0.450. The molecular weight excluding hydrogens is 206 g/mol. The number of hydrogen-bond acceptors (Lipinski definition) is 4. The fourth-order valence-electron chi connectivity index (χ4n) is 1.51. The molecule has 1 aromatic heterocycles. The van der Waals surface area contributed by atoms with Gasteiger partial charge in [-0.2, -0.15) is 0 Å². The van der Waals surface area contributed by atoms with Gasteiger partial charge in [0.2, 0.25) is 0 Å². The minimum Gasteiger partial charge on any atom is -0.313 e. The first-order valence-electron chi connectivity index (χ1n) is 5.65. The molecule has 2 rings (SSSR count). The smallest absolute Gasteiger partial charge is 0.109 e. The maximum Gasteiger partial charge on any atom is 0.109 e. The zero-order valence-electron chi connectivity index (χ0n) is 9.42.